The van der Waals surface area contributed by atoms with Crippen molar-refractivity contribution in [3.63, 3.8) is 0 Å². The van der Waals surface area contributed by atoms with E-state index in [-0.39, 0.29) is 29.9 Å². The van der Waals surface area contributed by atoms with Crippen LogP contribution in [0.1, 0.15) is 39.1 Å². The number of ether oxygens (including phenoxy) is 1. The van der Waals surface area contributed by atoms with E-state index in [0.717, 1.165) is 0 Å². The molecule has 0 aromatic heterocycles. The summed E-state index contributed by atoms with van der Waals surface area (Å²) >= 11 is 0. The Labute approximate surface area is 169 Å². The van der Waals surface area contributed by atoms with Gasteiger partial charge in [0.25, 0.3) is 5.91 Å². The van der Waals surface area contributed by atoms with Crippen LogP contribution in [-0.2, 0) is 16.1 Å². The molecule has 0 aliphatic carbocycles. The summed E-state index contributed by atoms with van der Waals surface area (Å²) in [6, 6.07) is 13.8. The van der Waals surface area contributed by atoms with Crippen LogP contribution < -0.4 is 5.32 Å². The molecule has 1 aliphatic heterocycles. The predicted octanol–water partition coefficient (Wildman–Crippen LogP) is 3.02. The third-order valence-corrected chi connectivity index (χ3v) is 4.99. The van der Waals surface area contributed by atoms with Gasteiger partial charge in [0.1, 0.15) is 0 Å². The molecule has 2 N–H and O–H groups in total. The highest BCUT2D eigenvalue weighted by atomic mass is 16.5. The lowest BCUT2D eigenvalue weighted by Crippen LogP contribution is -2.41. The van der Waals surface area contributed by atoms with E-state index in [2.05, 4.69) is 5.32 Å². The number of anilines is 1. The fourth-order valence-electron chi connectivity index (χ4n) is 3.49. The highest BCUT2D eigenvalue weighted by Gasteiger charge is 2.28. The highest BCUT2D eigenvalue weighted by Crippen LogP contribution is 2.22. The van der Waals surface area contributed by atoms with Crippen molar-refractivity contribution < 1.29 is 24.2 Å². The van der Waals surface area contributed by atoms with Crippen LogP contribution in [0.4, 0.5) is 5.69 Å². The van der Waals surface area contributed by atoms with Crippen LogP contribution in [0.3, 0.4) is 0 Å². The van der Waals surface area contributed by atoms with E-state index in [4.69, 9.17) is 4.74 Å². The minimum absolute atomic E-state index is 0.0252. The standard InChI is InChI=1S/C22H24N2O5/c1-29-14-15-11-18(22(27)28)13-19(12-15)23-20(25)16-7-9-24(10-8-16)21(26)17-5-3-2-4-6-17/h2-6,11-13,16H,7-10,14H2,1H3,(H,23,25)(H,27,28). The van der Waals surface area contributed by atoms with Crippen LogP contribution >= 0.6 is 0 Å². The number of aromatic carboxylic acids is 1. The van der Waals surface area contributed by atoms with Gasteiger partial charge in [0.2, 0.25) is 5.91 Å². The maximum absolute atomic E-state index is 12.7. The first-order chi connectivity index (χ1) is 14.0. The maximum Gasteiger partial charge on any atom is 0.335 e. The molecule has 1 heterocycles. The Bertz CT molecular complexity index is 889. The number of rotatable bonds is 6. The van der Waals surface area contributed by atoms with Gasteiger partial charge in [-0.3, -0.25) is 9.59 Å². The monoisotopic (exact) mass is 396 g/mol. The van der Waals surface area contributed by atoms with Crippen LogP contribution in [0.25, 0.3) is 0 Å². The molecule has 1 fully saturated rings. The zero-order valence-electron chi connectivity index (χ0n) is 16.3. The third-order valence-electron chi connectivity index (χ3n) is 4.99. The minimum Gasteiger partial charge on any atom is -0.478 e. The summed E-state index contributed by atoms with van der Waals surface area (Å²) in [5.74, 6) is -1.48. The van der Waals surface area contributed by atoms with E-state index in [1.807, 2.05) is 18.2 Å². The molecule has 2 amide bonds. The summed E-state index contributed by atoms with van der Waals surface area (Å²) < 4.78 is 5.07. The Morgan fingerprint density at radius 3 is 2.38 bits per heavy atom. The molecule has 2 aromatic rings. The second-order valence-corrected chi connectivity index (χ2v) is 7.08. The molecular weight excluding hydrogens is 372 g/mol. The zero-order chi connectivity index (χ0) is 20.8. The molecular formula is C22H24N2O5. The molecule has 1 aliphatic rings. The first-order valence-electron chi connectivity index (χ1n) is 9.49. The lowest BCUT2D eigenvalue weighted by atomic mass is 9.95. The SMILES string of the molecule is COCc1cc(NC(=O)C2CCN(C(=O)c3ccccc3)CC2)cc(C(=O)O)c1. The summed E-state index contributed by atoms with van der Waals surface area (Å²) in [5.41, 5.74) is 1.85. The van der Waals surface area contributed by atoms with Crippen LogP contribution in [0.2, 0.25) is 0 Å². The van der Waals surface area contributed by atoms with Crippen LogP contribution in [-0.4, -0.2) is 48.0 Å². The number of carbonyl (C=O) groups excluding carboxylic acids is 2. The molecule has 29 heavy (non-hydrogen) atoms. The zero-order valence-corrected chi connectivity index (χ0v) is 16.3. The Morgan fingerprint density at radius 2 is 1.76 bits per heavy atom. The fraction of sp³-hybridized carbons (Fsp3) is 0.318. The van der Waals surface area contributed by atoms with Crippen LogP contribution in [0, 0.1) is 5.92 Å². The molecule has 3 rings (SSSR count). The van der Waals surface area contributed by atoms with Gasteiger partial charge in [-0.05, 0) is 48.7 Å². The van der Waals surface area contributed by atoms with Gasteiger partial charge < -0.3 is 20.1 Å². The van der Waals surface area contributed by atoms with Crippen molar-refractivity contribution in [1.82, 2.24) is 4.90 Å². The smallest absolute Gasteiger partial charge is 0.335 e. The number of benzene rings is 2. The molecule has 0 unspecified atom stereocenters. The molecule has 2 aromatic carbocycles. The number of nitrogens with zero attached hydrogens (tertiary/aromatic N) is 1. The summed E-state index contributed by atoms with van der Waals surface area (Å²) in [6.45, 7) is 1.27. The van der Waals surface area contributed by atoms with Crippen LogP contribution in [0.5, 0.6) is 0 Å². The Balaban J connectivity index is 1.61. The molecule has 0 radical (unpaired) electrons. The number of hydrogen-bond donors (Lipinski definition) is 2. The Morgan fingerprint density at radius 1 is 1.07 bits per heavy atom. The second kappa shape index (κ2) is 9.34. The first kappa shape index (κ1) is 20.5. The van der Waals surface area contributed by atoms with E-state index in [0.29, 0.717) is 42.7 Å². The van der Waals surface area contributed by atoms with Gasteiger partial charge in [-0.15, -0.1) is 0 Å². The number of carboxylic acid groups (broad SMARTS) is 1. The molecule has 152 valence electrons. The number of piperidine rings is 1. The van der Waals surface area contributed by atoms with Crippen molar-refractivity contribution in [1.29, 1.82) is 0 Å². The van der Waals surface area contributed by atoms with Crippen molar-refractivity contribution >= 4 is 23.5 Å². The molecule has 0 saturated carbocycles. The lowest BCUT2D eigenvalue weighted by molar-refractivity contribution is -0.121. The number of likely N-dealkylation sites (tertiary alicyclic amines) is 1. The first-order valence-corrected chi connectivity index (χ1v) is 9.49. The average molecular weight is 396 g/mol. The van der Waals surface area contributed by atoms with Gasteiger partial charge in [-0.2, -0.15) is 0 Å². The van der Waals surface area contributed by atoms with Gasteiger partial charge >= 0.3 is 5.97 Å². The topological polar surface area (TPSA) is 95.9 Å². The molecule has 7 heteroatoms. The Kier molecular flexibility index (Phi) is 6.61. The number of carboxylic acids is 1. The van der Waals surface area contributed by atoms with Crippen molar-refractivity contribution in [2.75, 3.05) is 25.5 Å². The lowest BCUT2D eigenvalue weighted by Gasteiger charge is -2.31. The molecule has 0 atom stereocenters. The Hall–Kier alpha value is -3.19. The molecule has 0 spiro atoms. The summed E-state index contributed by atoms with van der Waals surface area (Å²) in [4.78, 5) is 38.3. The molecule has 7 nitrogen and oxygen atoms in total. The van der Waals surface area contributed by atoms with E-state index >= 15 is 0 Å². The third kappa shape index (κ3) is 5.20. The predicted molar refractivity (Wildman–Crippen MR) is 108 cm³/mol. The van der Waals surface area contributed by atoms with Gasteiger partial charge in [0.15, 0.2) is 0 Å². The van der Waals surface area contributed by atoms with Crippen molar-refractivity contribution in [3.8, 4) is 0 Å². The number of carbonyl (C=O) groups is 3. The van der Waals surface area contributed by atoms with Crippen LogP contribution in [0.15, 0.2) is 48.5 Å². The summed E-state index contributed by atoms with van der Waals surface area (Å²) in [5, 5.41) is 12.1. The number of nitrogens with one attached hydrogen (secondary N) is 1. The quantitative estimate of drug-likeness (QED) is 0.782. The maximum atomic E-state index is 12.7. The number of amides is 2. The van der Waals surface area contributed by atoms with Crippen molar-refractivity contribution in [2.45, 2.75) is 19.4 Å². The van der Waals surface area contributed by atoms with Gasteiger partial charge in [-0.25, -0.2) is 4.79 Å². The molecule has 1 saturated heterocycles. The van der Waals surface area contributed by atoms with E-state index in [9.17, 15) is 19.5 Å². The number of methoxy groups -OCH3 is 1. The molecule has 0 bridgehead atoms. The largest absolute Gasteiger partial charge is 0.478 e. The van der Waals surface area contributed by atoms with Gasteiger partial charge in [0, 0.05) is 37.4 Å². The van der Waals surface area contributed by atoms with E-state index in [1.54, 1.807) is 23.1 Å². The van der Waals surface area contributed by atoms with Crippen molar-refractivity contribution in [2.24, 2.45) is 5.92 Å². The summed E-state index contributed by atoms with van der Waals surface area (Å²) in [7, 11) is 1.52. The average Bonchev–Trinajstić information content (AvgIpc) is 2.74. The highest BCUT2D eigenvalue weighted by molar-refractivity contribution is 5.96. The van der Waals surface area contributed by atoms with Crippen molar-refractivity contribution in [3.05, 3.63) is 65.2 Å². The van der Waals surface area contributed by atoms with E-state index in [1.165, 1.54) is 19.2 Å². The van der Waals surface area contributed by atoms with Gasteiger partial charge in [-0.1, -0.05) is 18.2 Å². The normalized spacial score (nSPS) is 14.4. The second-order valence-electron chi connectivity index (χ2n) is 7.08. The van der Waals surface area contributed by atoms with E-state index < -0.39 is 5.97 Å². The minimum atomic E-state index is -1.06. The fourth-order valence-corrected chi connectivity index (χ4v) is 3.49. The summed E-state index contributed by atoms with van der Waals surface area (Å²) in [6.07, 6.45) is 1.13. The van der Waals surface area contributed by atoms with Gasteiger partial charge in [0.05, 0.1) is 12.2 Å². The number of hydrogen-bond acceptors (Lipinski definition) is 4.